The normalized spacial score (nSPS) is 10.2. The molecule has 0 unspecified atom stereocenters. The topological polar surface area (TPSA) is 71.0 Å². The molecule has 2 aromatic rings. The van der Waals surface area contributed by atoms with Crippen molar-refractivity contribution in [3.63, 3.8) is 0 Å². The third kappa shape index (κ3) is 4.38. The van der Waals surface area contributed by atoms with Crippen LogP contribution in [0.3, 0.4) is 0 Å². The van der Waals surface area contributed by atoms with Crippen molar-refractivity contribution in [1.29, 1.82) is 0 Å². The lowest BCUT2D eigenvalue weighted by atomic mass is 10.2. The van der Waals surface area contributed by atoms with Crippen LogP contribution in [-0.4, -0.2) is 17.8 Å². The first-order valence-corrected chi connectivity index (χ1v) is 6.73. The first-order chi connectivity index (χ1) is 9.78. The molecular formula is C14H19N4O2+. The zero-order valence-corrected chi connectivity index (χ0v) is 11.5. The second kappa shape index (κ2) is 7.28. The molecule has 0 atom stereocenters. The number of nitrogens with one attached hydrogen (secondary N) is 2. The third-order valence-electron chi connectivity index (χ3n) is 2.75. The minimum absolute atomic E-state index is 0.276. The number of hydrogen-bond acceptors (Lipinski definition) is 3. The summed E-state index contributed by atoms with van der Waals surface area (Å²) < 4.78 is 6.69. The number of unbranched alkanes of at least 4 members (excludes halogenated alkanes) is 1. The van der Waals surface area contributed by atoms with Crippen LogP contribution in [-0.2, 0) is 6.54 Å². The molecule has 0 fully saturated rings. The Morgan fingerprint density at radius 3 is 2.90 bits per heavy atom. The Morgan fingerprint density at radius 2 is 2.15 bits per heavy atom. The lowest BCUT2D eigenvalue weighted by molar-refractivity contribution is -0.754. The number of carbonyl (C=O) groups excluding carboxylic acids is 1. The molecule has 0 aliphatic carbocycles. The monoisotopic (exact) mass is 275 g/mol. The van der Waals surface area contributed by atoms with E-state index in [4.69, 9.17) is 4.52 Å². The highest BCUT2D eigenvalue weighted by Gasteiger charge is 2.14. The Hall–Kier alpha value is -2.37. The van der Waals surface area contributed by atoms with Crippen LogP contribution in [0.25, 0.3) is 0 Å². The first kappa shape index (κ1) is 14.0. The van der Waals surface area contributed by atoms with Crippen molar-refractivity contribution in [1.82, 2.24) is 10.6 Å². The smallest absolute Gasteiger partial charge is 0.321 e. The zero-order chi connectivity index (χ0) is 14.2. The van der Waals surface area contributed by atoms with E-state index in [9.17, 15) is 4.79 Å². The average Bonchev–Trinajstić information content (AvgIpc) is 2.87. The summed E-state index contributed by atoms with van der Waals surface area (Å²) in [4.78, 5) is 11.5. The fourth-order valence-corrected chi connectivity index (χ4v) is 1.71. The molecule has 1 heterocycles. The van der Waals surface area contributed by atoms with E-state index < -0.39 is 0 Å². The Morgan fingerprint density at radius 1 is 1.35 bits per heavy atom. The number of hydrogen-bond donors (Lipinski definition) is 2. The largest absolute Gasteiger partial charge is 0.338 e. The fraction of sp³-hybridized carbons (Fsp3) is 0.357. The van der Waals surface area contributed by atoms with Crippen LogP contribution in [0.5, 0.6) is 0 Å². The summed E-state index contributed by atoms with van der Waals surface area (Å²) >= 11 is 0. The molecule has 0 aliphatic rings. The molecule has 6 heteroatoms. The van der Waals surface area contributed by atoms with E-state index in [-0.39, 0.29) is 6.03 Å². The molecular weight excluding hydrogens is 256 g/mol. The Balaban J connectivity index is 1.84. The van der Waals surface area contributed by atoms with Gasteiger partial charge in [-0.15, -0.1) is 0 Å². The van der Waals surface area contributed by atoms with Crippen molar-refractivity contribution in [3.05, 3.63) is 42.1 Å². The van der Waals surface area contributed by atoms with Gasteiger partial charge in [-0.3, -0.25) is 9.84 Å². The Labute approximate surface area is 117 Å². The number of carbonyl (C=O) groups is 1. The number of nitrogens with zero attached hydrogens (tertiary/aromatic N) is 2. The maximum Gasteiger partial charge on any atom is 0.321 e. The zero-order valence-electron chi connectivity index (χ0n) is 11.5. The second-order valence-electron chi connectivity index (χ2n) is 4.48. The molecule has 0 radical (unpaired) electrons. The van der Waals surface area contributed by atoms with Gasteiger partial charge in [0.25, 0.3) is 6.20 Å². The number of benzene rings is 1. The molecule has 0 saturated carbocycles. The molecule has 0 bridgehead atoms. The van der Waals surface area contributed by atoms with Gasteiger partial charge in [0.2, 0.25) is 11.8 Å². The minimum atomic E-state index is -0.276. The van der Waals surface area contributed by atoms with Crippen LogP contribution in [0.1, 0.15) is 25.3 Å². The average molecular weight is 275 g/mol. The predicted molar refractivity (Wildman–Crippen MR) is 74.2 cm³/mol. The molecule has 106 valence electrons. The first-order valence-electron chi connectivity index (χ1n) is 6.73. The van der Waals surface area contributed by atoms with Gasteiger partial charge in [0.05, 0.1) is 0 Å². The molecule has 0 aliphatic heterocycles. The van der Waals surface area contributed by atoms with Crippen LogP contribution in [0.15, 0.2) is 41.1 Å². The van der Waals surface area contributed by atoms with E-state index in [1.54, 1.807) is 10.9 Å². The summed E-state index contributed by atoms with van der Waals surface area (Å²) in [6.07, 6.45) is 3.66. The SMILES string of the molecule is CCCCNC(=O)Nc1c[n+](Cc2ccccc2)no1. The molecule has 2 rings (SSSR count). The highest BCUT2D eigenvalue weighted by molar-refractivity contribution is 5.87. The summed E-state index contributed by atoms with van der Waals surface area (Å²) in [5.74, 6) is 0.329. The summed E-state index contributed by atoms with van der Waals surface area (Å²) in [6.45, 7) is 3.33. The van der Waals surface area contributed by atoms with E-state index in [2.05, 4.69) is 22.8 Å². The Bertz CT molecular complexity index is 539. The van der Waals surface area contributed by atoms with Crippen molar-refractivity contribution < 1.29 is 14.0 Å². The van der Waals surface area contributed by atoms with Crippen LogP contribution >= 0.6 is 0 Å². The maximum absolute atomic E-state index is 11.5. The molecule has 2 N–H and O–H groups in total. The van der Waals surface area contributed by atoms with E-state index in [0.29, 0.717) is 19.0 Å². The van der Waals surface area contributed by atoms with Crippen LogP contribution in [0, 0.1) is 0 Å². The number of anilines is 1. The molecule has 0 spiro atoms. The van der Waals surface area contributed by atoms with Crippen LogP contribution < -0.4 is 15.3 Å². The maximum atomic E-state index is 11.5. The van der Waals surface area contributed by atoms with Gasteiger partial charge in [-0.25, -0.2) is 4.79 Å². The molecule has 20 heavy (non-hydrogen) atoms. The number of urea groups is 1. The van der Waals surface area contributed by atoms with E-state index >= 15 is 0 Å². The molecule has 6 nitrogen and oxygen atoms in total. The molecule has 1 aromatic carbocycles. The molecule has 0 saturated heterocycles. The summed E-state index contributed by atoms with van der Waals surface area (Å²) in [5, 5.41) is 9.21. The lowest BCUT2D eigenvalue weighted by Gasteiger charge is -2.01. The van der Waals surface area contributed by atoms with Crippen molar-refractivity contribution in [3.8, 4) is 0 Å². The predicted octanol–water partition coefficient (Wildman–Crippen LogP) is 1.93. The minimum Gasteiger partial charge on any atom is -0.338 e. The van der Waals surface area contributed by atoms with Crippen LogP contribution in [0.2, 0.25) is 0 Å². The van der Waals surface area contributed by atoms with Crippen molar-refractivity contribution >= 4 is 11.9 Å². The van der Waals surface area contributed by atoms with Gasteiger partial charge in [0.1, 0.15) is 0 Å². The van der Waals surface area contributed by atoms with Gasteiger partial charge < -0.3 is 5.32 Å². The lowest BCUT2D eigenvalue weighted by Crippen LogP contribution is -2.35. The van der Waals surface area contributed by atoms with Crippen molar-refractivity contribution in [2.45, 2.75) is 26.3 Å². The van der Waals surface area contributed by atoms with Crippen molar-refractivity contribution in [2.24, 2.45) is 0 Å². The van der Waals surface area contributed by atoms with E-state index in [1.807, 2.05) is 30.3 Å². The number of aromatic nitrogens is 2. The highest BCUT2D eigenvalue weighted by Crippen LogP contribution is 2.02. The van der Waals surface area contributed by atoms with Crippen molar-refractivity contribution in [2.75, 3.05) is 11.9 Å². The van der Waals surface area contributed by atoms with Crippen LogP contribution in [0.4, 0.5) is 10.7 Å². The molecule has 1 aromatic heterocycles. The van der Waals surface area contributed by atoms with Gasteiger partial charge in [-0.05, 0) is 11.1 Å². The fourth-order valence-electron chi connectivity index (χ4n) is 1.71. The highest BCUT2D eigenvalue weighted by atomic mass is 16.5. The van der Waals surface area contributed by atoms with E-state index in [1.165, 1.54) is 0 Å². The number of rotatable bonds is 6. The van der Waals surface area contributed by atoms with Gasteiger partial charge in [-0.1, -0.05) is 43.7 Å². The summed E-state index contributed by atoms with van der Waals surface area (Å²) in [7, 11) is 0. The summed E-state index contributed by atoms with van der Waals surface area (Å²) in [5.41, 5.74) is 1.12. The van der Waals surface area contributed by atoms with Gasteiger partial charge in [0, 0.05) is 12.1 Å². The van der Waals surface area contributed by atoms with Gasteiger partial charge in [0.15, 0.2) is 0 Å². The second-order valence-corrected chi connectivity index (χ2v) is 4.48. The van der Waals surface area contributed by atoms with E-state index in [0.717, 1.165) is 18.4 Å². The quantitative estimate of drug-likeness (QED) is 0.625. The summed E-state index contributed by atoms with van der Waals surface area (Å²) in [6, 6.07) is 9.64. The van der Waals surface area contributed by atoms with Gasteiger partial charge >= 0.3 is 11.9 Å². The number of amides is 2. The molecule has 2 amide bonds. The van der Waals surface area contributed by atoms with Gasteiger partial charge in [-0.2, -0.15) is 0 Å². The third-order valence-corrected chi connectivity index (χ3v) is 2.75. The standard InChI is InChI=1S/C14H18N4O2/c1-2-3-9-15-14(19)16-13-11-18(17-20-13)10-12-7-5-4-6-8-12/h4-8,11H,2-3,9-10H2,1H3,(H-,15,16,17,19)/p+1. The Kier molecular flexibility index (Phi) is 5.11.